The van der Waals surface area contributed by atoms with E-state index in [0.717, 1.165) is 0 Å². The van der Waals surface area contributed by atoms with Gasteiger partial charge in [-0.25, -0.2) is 0 Å². The number of hydrogen-bond acceptors (Lipinski definition) is 4. The molecule has 24 heavy (non-hydrogen) atoms. The van der Waals surface area contributed by atoms with Crippen LogP contribution in [0.2, 0.25) is 10.0 Å². The van der Waals surface area contributed by atoms with Crippen molar-refractivity contribution in [3.8, 4) is 5.75 Å². The first-order valence-electron chi connectivity index (χ1n) is 6.91. The van der Waals surface area contributed by atoms with Crippen LogP contribution < -0.4 is 10.1 Å². The summed E-state index contributed by atoms with van der Waals surface area (Å²) in [7, 11) is 1.61. The van der Waals surface area contributed by atoms with E-state index >= 15 is 0 Å². The van der Waals surface area contributed by atoms with E-state index in [-0.39, 0.29) is 12.5 Å². The zero-order chi connectivity index (χ0) is 17.3. The molecule has 0 aliphatic carbocycles. The van der Waals surface area contributed by atoms with Crippen molar-refractivity contribution in [1.29, 1.82) is 0 Å². The second-order valence-corrected chi connectivity index (χ2v) is 6.25. The number of hydrogen-bond donors (Lipinski definition) is 1. The highest BCUT2D eigenvalue weighted by Crippen LogP contribution is 2.28. The fourth-order valence-corrected chi connectivity index (χ4v) is 2.71. The number of furan rings is 1. The molecular weight excluding hydrogens is 371 g/mol. The van der Waals surface area contributed by atoms with E-state index in [4.69, 9.17) is 44.6 Å². The van der Waals surface area contributed by atoms with Crippen LogP contribution >= 0.6 is 35.4 Å². The SMILES string of the molecule is CN1C(=O)/C(=C\c2ccc(COc3ccc(Cl)cc3Cl)o2)NC1=S. The van der Waals surface area contributed by atoms with E-state index in [0.29, 0.717) is 38.1 Å². The molecule has 1 N–H and O–H groups in total. The molecule has 1 aliphatic rings. The molecule has 0 bridgehead atoms. The van der Waals surface area contributed by atoms with E-state index in [1.165, 1.54) is 4.90 Å². The van der Waals surface area contributed by atoms with Gasteiger partial charge < -0.3 is 14.5 Å². The third-order valence-corrected chi connectivity index (χ3v) is 4.22. The molecular formula is C16H12Cl2N2O3S. The van der Waals surface area contributed by atoms with Crippen LogP contribution in [0.5, 0.6) is 5.75 Å². The first kappa shape index (κ1) is 16.8. The smallest absolute Gasteiger partial charge is 0.276 e. The summed E-state index contributed by atoms with van der Waals surface area (Å²) in [5.74, 6) is 1.41. The van der Waals surface area contributed by atoms with Crippen molar-refractivity contribution in [3.63, 3.8) is 0 Å². The standard InChI is InChI=1S/C16H12Cl2N2O3S/c1-20-15(21)13(19-16(20)24)7-10-3-4-11(23-10)8-22-14-5-2-9(17)6-12(14)18/h2-7H,8H2,1H3,(H,19,24)/b13-7+. The molecule has 3 rings (SSSR count). The Kier molecular flexibility index (Phi) is 4.80. The molecule has 1 aromatic heterocycles. The fraction of sp³-hybridized carbons (Fsp3) is 0.125. The Balaban J connectivity index is 1.68. The molecule has 0 spiro atoms. The van der Waals surface area contributed by atoms with E-state index < -0.39 is 0 Å². The number of rotatable bonds is 4. The summed E-state index contributed by atoms with van der Waals surface area (Å²) in [5, 5.41) is 4.15. The number of likely N-dealkylation sites (N-methyl/N-ethyl adjacent to an activating group) is 1. The number of nitrogens with one attached hydrogen (secondary N) is 1. The third kappa shape index (κ3) is 3.56. The fourth-order valence-electron chi connectivity index (χ4n) is 2.06. The zero-order valence-corrected chi connectivity index (χ0v) is 14.8. The molecule has 1 saturated heterocycles. The molecule has 1 fully saturated rings. The summed E-state index contributed by atoms with van der Waals surface area (Å²) in [6, 6.07) is 8.49. The lowest BCUT2D eigenvalue weighted by Crippen LogP contribution is -2.25. The van der Waals surface area contributed by atoms with E-state index in [9.17, 15) is 4.79 Å². The van der Waals surface area contributed by atoms with E-state index in [1.54, 1.807) is 43.5 Å². The van der Waals surface area contributed by atoms with Gasteiger partial charge in [0.25, 0.3) is 5.91 Å². The van der Waals surface area contributed by atoms with Crippen molar-refractivity contribution in [3.05, 3.63) is 57.6 Å². The molecule has 0 radical (unpaired) electrons. The van der Waals surface area contributed by atoms with Crippen LogP contribution in [0.3, 0.4) is 0 Å². The average Bonchev–Trinajstić information content (AvgIpc) is 3.08. The van der Waals surface area contributed by atoms with Gasteiger partial charge in [0, 0.05) is 18.1 Å². The quantitative estimate of drug-likeness (QED) is 0.642. The molecule has 0 saturated carbocycles. The summed E-state index contributed by atoms with van der Waals surface area (Å²) >= 11 is 16.9. The summed E-state index contributed by atoms with van der Waals surface area (Å²) in [4.78, 5) is 13.3. The maximum atomic E-state index is 11.9. The molecule has 1 aromatic carbocycles. The molecule has 8 heteroatoms. The Labute approximate surface area is 153 Å². The van der Waals surface area contributed by atoms with Crippen LogP contribution in [0.1, 0.15) is 11.5 Å². The van der Waals surface area contributed by atoms with Crippen LogP contribution in [0.15, 0.2) is 40.4 Å². The number of ether oxygens (including phenoxy) is 1. The molecule has 1 aliphatic heterocycles. The van der Waals surface area contributed by atoms with Gasteiger partial charge in [0.2, 0.25) is 0 Å². The van der Waals surface area contributed by atoms with Gasteiger partial charge in [-0.05, 0) is 42.5 Å². The van der Waals surface area contributed by atoms with E-state index in [2.05, 4.69) is 5.32 Å². The molecule has 124 valence electrons. The Morgan fingerprint density at radius 1 is 1.33 bits per heavy atom. The molecule has 5 nitrogen and oxygen atoms in total. The minimum atomic E-state index is -0.206. The van der Waals surface area contributed by atoms with Gasteiger partial charge in [-0.1, -0.05) is 23.2 Å². The highest BCUT2D eigenvalue weighted by atomic mass is 35.5. The number of carbonyl (C=O) groups is 1. The number of benzene rings is 1. The number of halogens is 2. The van der Waals surface area contributed by atoms with Gasteiger partial charge >= 0.3 is 0 Å². The Morgan fingerprint density at radius 2 is 2.12 bits per heavy atom. The number of carbonyl (C=O) groups excluding carboxylic acids is 1. The maximum absolute atomic E-state index is 11.9. The van der Waals surface area contributed by atoms with Gasteiger partial charge in [-0.3, -0.25) is 9.69 Å². The van der Waals surface area contributed by atoms with Gasteiger partial charge in [0.05, 0.1) is 5.02 Å². The Hall–Kier alpha value is -2.02. The maximum Gasteiger partial charge on any atom is 0.276 e. The molecule has 0 unspecified atom stereocenters. The number of thiocarbonyl (C=S) groups is 1. The van der Waals surface area contributed by atoms with Crippen molar-refractivity contribution < 1.29 is 13.9 Å². The second-order valence-electron chi connectivity index (χ2n) is 5.02. The minimum absolute atomic E-state index is 0.199. The molecule has 1 amide bonds. The van der Waals surface area contributed by atoms with Crippen LogP contribution in [0, 0.1) is 0 Å². The lowest BCUT2D eigenvalue weighted by molar-refractivity contribution is -0.121. The third-order valence-electron chi connectivity index (χ3n) is 3.31. The average molecular weight is 383 g/mol. The monoisotopic (exact) mass is 382 g/mol. The lowest BCUT2D eigenvalue weighted by Gasteiger charge is -2.06. The Bertz CT molecular complexity index is 848. The first-order chi connectivity index (χ1) is 11.4. The van der Waals surface area contributed by atoms with Crippen molar-refractivity contribution >= 4 is 52.5 Å². The zero-order valence-electron chi connectivity index (χ0n) is 12.5. The van der Waals surface area contributed by atoms with Crippen LogP contribution in [-0.4, -0.2) is 23.0 Å². The van der Waals surface area contributed by atoms with Crippen molar-refractivity contribution in [2.75, 3.05) is 7.05 Å². The predicted molar refractivity (Wildman–Crippen MR) is 96.0 cm³/mol. The minimum Gasteiger partial charge on any atom is -0.484 e. The Morgan fingerprint density at radius 3 is 2.79 bits per heavy atom. The van der Waals surface area contributed by atoms with Crippen LogP contribution in [0.25, 0.3) is 6.08 Å². The van der Waals surface area contributed by atoms with Gasteiger partial charge in [0.1, 0.15) is 29.6 Å². The predicted octanol–water partition coefficient (Wildman–Crippen LogP) is 3.85. The normalized spacial score (nSPS) is 16.0. The summed E-state index contributed by atoms with van der Waals surface area (Å²) in [6.07, 6.45) is 1.59. The van der Waals surface area contributed by atoms with Crippen molar-refractivity contribution in [1.82, 2.24) is 10.2 Å². The first-order valence-corrected chi connectivity index (χ1v) is 8.08. The highest BCUT2D eigenvalue weighted by Gasteiger charge is 2.27. The summed E-state index contributed by atoms with van der Waals surface area (Å²) < 4.78 is 11.2. The lowest BCUT2D eigenvalue weighted by atomic mass is 10.3. The van der Waals surface area contributed by atoms with E-state index in [1.807, 2.05) is 0 Å². The highest BCUT2D eigenvalue weighted by molar-refractivity contribution is 7.80. The van der Waals surface area contributed by atoms with Crippen molar-refractivity contribution in [2.24, 2.45) is 0 Å². The molecule has 2 aromatic rings. The number of amides is 1. The van der Waals surface area contributed by atoms with Gasteiger partial charge in [-0.2, -0.15) is 0 Å². The molecule has 0 atom stereocenters. The van der Waals surface area contributed by atoms with Gasteiger partial charge in [-0.15, -0.1) is 0 Å². The summed E-state index contributed by atoms with van der Waals surface area (Å²) in [6.45, 7) is 0.199. The summed E-state index contributed by atoms with van der Waals surface area (Å²) in [5.41, 5.74) is 0.366. The number of nitrogens with zero attached hydrogens (tertiary/aromatic N) is 1. The van der Waals surface area contributed by atoms with Crippen LogP contribution in [-0.2, 0) is 11.4 Å². The second kappa shape index (κ2) is 6.84. The topological polar surface area (TPSA) is 54.7 Å². The van der Waals surface area contributed by atoms with Gasteiger partial charge in [0.15, 0.2) is 5.11 Å². The van der Waals surface area contributed by atoms with Crippen molar-refractivity contribution in [2.45, 2.75) is 6.61 Å². The largest absolute Gasteiger partial charge is 0.484 e. The molecule has 2 heterocycles. The van der Waals surface area contributed by atoms with Crippen LogP contribution in [0.4, 0.5) is 0 Å².